The van der Waals surface area contributed by atoms with Crippen molar-refractivity contribution in [3.05, 3.63) is 54.6 Å². The van der Waals surface area contributed by atoms with E-state index in [4.69, 9.17) is 9.15 Å². The summed E-state index contributed by atoms with van der Waals surface area (Å²) in [7, 11) is 0. The minimum Gasteiger partial charge on any atom is -0.490 e. The Kier molecular flexibility index (Phi) is 3.72. The third-order valence-corrected chi connectivity index (χ3v) is 3.78. The lowest BCUT2D eigenvalue weighted by atomic mass is 10.1. The summed E-state index contributed by atoms with van der Waals surface area (Å²) in [6.07, 6.45) is 1.47. The molecular weight excluding hydrogens is 321 g/mol. The summed E-state index contributed by atoms with van der Waals surface area (Å²) in [5.74, 6) is 1.70. The molecule has 126 valence electrons. The molecule has 2 aromatic heterocycles. The van der Waals surface area contributed by atoms with Crippen molar-refractivity contribution in [1.29, 1.82) is 0 Å². The van der Waals surface area contributed by atoms with E-state index in [0.717, 1.165) is 16.5 Å². The van der Waals surface area contributed by atoms with Gasteiger partial charge in [-0.15, -0.1) is 0 Å². The van der Waals surface area contributed by atoms with Crippen molar-refractivity contribution in [1.82, 2.24) is 15.2 Å². The molecule has 25 heavy (non-hydrogen) atoms. The summed E-state index contributed by atoms with van der Waals surface area (Å²) in [6.45, 7) is 3.93. The summed E-state index contributed by atoms with van der Waals surface area (Å²) in [4.78, 5) is 4.21. The topological polar surface area (TPSA) is 63.9 Å². The highest BCUT2D eigenvalue weighted by molar-refractivity contribution is 5.89. The van der Waals surface area contributed by atoms with Gasteiger partial charge in [0.1, 0.15) is 29.2 Å². The Morgan fingerprint density at radius 3 is 2.60 bits per heavy atom. The maximum absolute atomic E-state index is 13.1. The summed E-state index contributed by atoms with van der Waals surface area (Å²) in [6, 6.07) is 11.9. The lowest BCUT2D eigenvalue weighted by Crippen LogP contribution is -2.06. The van der Waals surface area contributed by atoms with Gasteiger partial charge in [0.2, 0.25) is 0 Å². The van der Waals surface area contributed by atoms with E-state index in [9.17, 15) is 4.39 Å². The minimum atomic E-state index is -0.278. The second-order valence-corrected chi connectivity index (χ2v) is 6.00. The van der Waals surface area contributed by atoms with Gasteiger partial charge in [-0.25, -0.2) is 9.37 Å². The van der Waals surface area contributed by atoms with E-state index in [2.05, 4.69) is 15.2 Å². The Labute approximate surface area is 143 Å². The van der Waals surface area contributed by atoms with Gasteiger partial charge in [0.15, 0.2) is 5.82 Å². The van der Waals surface area contributed by atoms with Gasteiger partial charge in [-0.3, -0.25) is 5.10 Å². The van der Waals surface area contributed by atoms with E-state index in [-0.39, 0.29) is 11.9 Å². The number of hydrogen-bond acceptors (Lipinski definition) is 4. The Hall–Kier alpha value is -3.15. The first-order valence-electron chi connectivity index (χ1n) is 7.96. The Balaban J connectivity index is 1.85. The fourth-order valence-electron chi connectivity index (χ4n) is 2.69. The highest BCUT2D eigenvalue weighted by atomic mass is 19.1. The molecule has 0 aliphatic rings. The smallest absolute Gasteiger partial charge is 0.159 e. The van der Waals surface area contributed by atoms with Crippen molar-refractivity contribution in [2.24, 2.45) is 0 Å². The average molecular weight is 337 g/mol. The Morgan fingerprint density at radius 1 is 1.12 bits per heavy atom. The average Bonchev–Trinajstić information content (AvgIpc) is 3.23. The van der Waals surface area contributed by atoms with Gasteiger partial charge < -0.3 is 9.15 Å². The van der Waals surface area contributed by atoms with Crippen LogP contribution in [0.1, 0.15) is 13.8 Å². The number of nitrogens with zero attached hydrogens (tertiary/aromatic N) is 2. The molecule has 2 heterocycles. The number of rotatable bonds is 4. The summed E-state index contributed by atoms with van der Waals surface area (Å²) in [5, 5.41) is 7.66. The van der Waals surface area contributed by atoms with Crippen LogP contribution in [0.2, 0.25) is 0 Å². The van der Waals surface area contributed by atoms with Crippen molar-refractivity contribution >= 4 is 11.0 Å². The van der Waals surface area contributed by atoms with Gasteiger partial charge >= 0.3 is 0 Å². The number of hydrogen-bond donors (Lipinski definition) is 1. The lowest BCUT2D eigenvalue weighted by molar-refractivity contribution is 0.243. The van der Waals surface area contributed by atoms with Gasteiger partial charge in [-0.05, 0) is 56.3 Å². The molecule has 0 spiro atoms. The highest BCUT2D eigenvalue weighted by Gasteiger charge is 2.16. The summed E-state index contributed by atoms with van der Waals surface area (Å²) >= 11 is 0. The highest BCUT2D eigenvalue weighted by Crippen LogP contribution is 2.36. The number of benzene rings is 2. The second kappa shape index (κ2) is 6.05. The molecule has 4 aromatic rings. The van der Waals surface area contributed by atoms with Crippen molar-refractivity contribution in [2.75, 3.05) is 0 Å². The van der Waals surface area contributed by atoms with Crippen molar-refractivity contribution in [3.63, 3.8) is 0 Å². The number of aromatic nitrogens is 3. The van der Waals surface area contributed by atoms with E-state index in [0.29, 0.717) is 22.9 Å². The van der Waals surface area contributed by atoms with Gasteiger partial charge in [0.25, 0.3) is 0 Å². The van der Waals surface area contributed by atoms with Crippen LogP contribution in [0.15, 0.2) is 53.2 Å². The number of halogens is 1. The molecule has 2 aromatic carbocycles. The van der Waals surface area contributed by atoms with E-state index < -0.39 is 0 Å². The molecule has 0 fully saturated rings. The number of aromatic amines is 1. The minimum absolute atomic E-state index is 0.0163. The monoisotopic (exact) mass is 337 g/mol. The standard InChI is InChI=1S/C19H16FN3O2/c1-11(2)24-18-8-13-7-16(12-3-5-14(20)6-4-12)25-17(13)9-15(18)19-21-10-22-23-19/h3-11H,1-2H3,(H,21,22,23). The molecule has 0 unspecified atom stereocenters. The Bertz CT molecular complexity index is 1010. The van der Waals surface area contributed by atoms with Crippen LogP contribution in [-0.4, -0.2) is 21.3 Å². The molecule has 0 aliphatic heterocycles. The van der Waals surface area contributed by atoms with Crippen LogP contribution < -0.4 is 4.74 Å². The number of nitrogens with one attached hydrogen (secondary N) is 1. The van der Waals surface area contributed by atoms with Gasteiger partial charge in [-0.2, -0.15) is 5.10 Å². The fraction of sp³-hybridized carbons (Fsp3) is 0.158. The molecular formula is C19H16FN3O2. The van der Waals surface area contributed by atoms with Crippen LogP contribution in [-0.2, 0) is 0 Å². The van der Waals surface area contributed by atoms with Crippen molar-refractivity contribution in [2.45, 2.75) is 20.0 Å². The number of fused-ring (bicyclic) bond motifs is 1. The van der Waals surface area contributed by atoms with Crippen LogP contribution in [0.25, 0.3) is 33.7 Å². The maximum Gasteiger partial charge on any atom is 0.159 e. The zero-order chi connectivity index (χ0) is 17.4. The molecule has 0 radical (unpaired) electrons. The molecule has 5 nitrogen and oxygen atoms in total. The fourth-order valence-corrected chi connectivity index (χ4v) is 2.69. The maximum atomic E-state index is 13.1. The predicted octanol–water partition coefficient (Wildman–Crippen LogP) is 4.81. The molecule has 0 atom stereocenters. The summed E-state index contributed by atoms with van der Waals surface area (Å²) in [5.41, 5.74) is 2.28. The van der Waals surface area contributed by atoms with Crippen molar-refractivity contribution in [3.8, 4) is 28.5 Å². The van der Waals surface area contributed by atoms with Crippen LogP contribution in [0.5, 0.6) is 5.75 Å². The second-order valence-electron chi connectivity index (χ2n) is 6.00. The van der Waals surface area contributed by atoms with Crippen LogP contribution in [0, 0.1) is 5.82 Å². The first kappa shape index (κ1) is 15.4. The van der Waals surface area contributed by atoms with Crippen molar-refractivity contribution < 1.29 is 13.5 Å². The molecule has 1 N–H and O–H groups in total. The lowest BCUT2D eigenvalue weighted by Gasteiger charge is -2.13. The molecule has 0 bridgehead atoms. The van der Waals surface area contributed by atoms with E-state index in [1.54, 1.807) is 12.1 Å². The molecule has 0 saturated carbocycles. The van der Waals surface area contributed by atoms with Crippen LogP contribution >= 0.6 is 0 Å². The molecule has 0 saturated heterocycles. The largest absolute Gasteiger partial charge is 0.490 e. The molecule has 0 aliphatic carbocycles. The number of H-pyrrole nitrogens is 1. The quantitative estimate of drug-likeness (QED) is 0.580. The number of furan rings is 1. The third kappa shape index (κ3) is 2.98. The summed E-state index contributed by atoms with van der Waals surface area (Å²) < 4.78 is 25.0. The Morgan fingerprint density at radius 2 is 1.92 bits per heavy atom. The SMILES string of the molecule is CC(C)Oc1cc2cc(-c3ccc(F)cc3)oc2cc1-c1ncn[nH]1. The van der Waals surface area contributed by atoms with Gasteiger partial charge in [0, 0.05) is 10.9 Å². The van der Waals surface area contributed by atoms with E-state index in [1.165, 1.54) is 18.5 Å². The van der Waals surface area contributed by atoms with E-state index in [1.807, 2.05) is 32.0 Å². The zero-order valence-electron chi connectivity index (χ0n) is 13.8. The van der Waals surface area contributed by atoms with Crippen LogP contribution in [0.3, 0.4) is 0 Å². The zero-order valence-corrected chi connectivity index (χ0v) is 13.8. The molecule has 4 rings (SSSR count). The third-order valence-electron chi connectivity index (χ3n) is 3.78. The van der Waals surface area contributed by atoms with E-state index >= 15 is 0 Å². The molecule has 0 amide bonds. The molecule has 6 heteroatoms. The first-order valence-corrected chi connectivity index (χ1v) is 7.96. The number of ether oxygens (including phenoxy) is 1. The normalized spacial score (nSPS) is 11.4. The first-order chi connectivity index (χ1) is 12.1. The van der Waals surface area contributed by atoms with Crippen LogP contribution in [0.4, 0.5) is 4.39 Å². The van der Waals surface area contributed by atoms with Gasteiger partial charge in [-0.1, -0.05) is 0 Å². The predicted molar refractivity (Wildman–Crippen MR) is 92.7 cm³/mol. The van der Waals surface area contributed by atoms with Gasteiger partial charge in [0.05, 0.1) is 11.7 Å².